The molecule has 0 amide bonds. The van der Waals surface area contributed by atoms with E-state index in [4.69, 9.17) is 10.7 Å². The highest BCUT2D eigenvalue weighted by Crippen LogP contribution is 2.34. The summed E-state index contributed by atoms with van der Waals surface area (Å²) in [6.07, 6.45) is 9.65. The largest absolute Gasteiger partial charge is 0.322 e. The Bertz CT molecular complexity index is 953. The third-order valence-electron chi connectivity index (χ3n) is 5.46. The van der Waals surface area contributed by atoms with Gasteiger partial charge in [-0.05, 0) is 60.2 Å². The van der Waals surface area contributed by atoms with Gasteiger partial charge in [-0.2, -0.15) is 5.26 Å². The van der Waals surface area contributed by atoms with Crippen molar-refractivity contribution in [1.82, 2.24) is 9.97 Å². The average molecular weight is 342 g/mol. The Hall–Kier alpha value is -2.77. The number of pyridine rings is 2. The summed E-state index contributed by atoms with van der Waals surface area (Å²) in [7, 11) is 0. The number of rotatable bonds is 3. The van der Waals surface area contributed by atoms with Crippen LogP contribution in [0.4, 0.5) is 0 Å². The van der Waals surface area contributed by atoms with Crippen molar-refractivity contribution in [2.45, 2.75) is 38.1 Å². The third kappa shape index (κ3) is 3.18. The van der Waals surface area contributed by atoms with Gasteiger partial charge in [0.2, 0.25) is 0 Å². The quantitative estimate of drug-likeness (QED) is 0.745. The molecule has 1 atom stereocenters. The van der Waals surface area contributed by atoms with E-state index in [1.807, 2.05) is 36.4 Å². The molecule has 2 heterocycles. The first kappa shape index (κ1) is 16.7. The SMILES string of the molecule is N#Cc1cc(C(N)C2CCCCC2)nc2ccc(-c3ccncc3)cc12. The Morgan fingerprint density at radius 2 is 1.77 bits per heavy atom. The van der Waals surface area contributed by atoms with Crippen LogP contribution in [-0.2, 0) is 0 Å². The molecule has 1 aliphatic carbocycles. The minimum atomic E-state index is -0.0910. The fourth-order valence-corrected chi connectivity index (χ4v) is 3.97. The van der Waals surface area contributed by atoms with Crippen LogP contribution < -0.4 is 5.73 Å². The molecule has 26 heavy (non-hydrogen) atoms. The van der Waals surface area contributed by atoms with Gasteiger partial charge in [0, 0.05) is 23.8 Å². The summed E-state index contributed by atoms with van der Waals surface area (Å²) in [5, 5.41) is 10.6. The zero-order valence-electron chi connectivity index (χ0n) is 14.7. The summed E-state index contributed by atoms with van der Waals surface area (Å²) < 4.78 is 0. The van der Waals surface area contributed by atoms with Crippen LogP contribution in [0.2, 0.25) is 0 Å². The molecular formula is C22H22N4. The van der Waals surface area contributed by atoms with Crippen molar-refractivity contribution in [3.8, 4) is 17.2 Å². The van der Waals surface area contributed by atoms with E-state index in [-0.39, 0.29) is 6.04 Å². The molecule has 1 saturated carbocycles. The number of hydrogen-bond donors (Lipinski definition) is 1. The summed E-state index contributed by atoms with van der Waals surface area (Å²) in [6.45, 7) is 0. The van der Waals surface area contributed by atoms with E-state index in [2.05, 4.69) is 11.1 Å². The minimum Gasteiger partial charge on any atom is -0.322 e. The Kier molecular flexibility index (Phi) is 4.64. The minimum absolute atomic E-state index is 0.0910. The van der Waals surface area contributed by atoms with Crippen LogP contribution >= 0.6 is 0 Å². The molecule has 1 aliphatic rings. The van der Waals surface area contributed by atoms with Crippen LogP contribution in [0.1, 0.15) is 49.4 Å². The van der Waals surface area contributed by atoms with E-state index >= 15 is 0 Å². The highest BCUT2D eigenvalue weighted by Gasteiger charge is 2.23. The normalized spacial score (nSPS) is 16.3. The highest BCUT2D eigenvalue weighted by atomic mass is 14.8. The molecule has 3 aromatic rings. The lowest BCUT2D eigenvalue weighted by Crippen LogP contribution is -2.24. The van der Waals surface area contributed by atoms with Crippen molar-refractivity contribution in [3.05, 3.63) is 60.0 Å². The van der Waals surface area contributed by atoms with E-state index in [0.717, 1.165) is 40.6 Å². The Balaban J connectivity index is 1.75. The van der Waals surface area contributed by atoms with Crippen molar-refractivity contribution in [3.63, 3.8) is 0 Å². The molecule has 4 heteroatoms. The zero-order chi connectivity index (χ0) is 17.9. The summed E-state index contributed by atoms with van der Waals surface area (Å²) in [5.74, 6) is 0.469. The average Bonchev–Trinajstić information content (AvgIpc) is 2.73. The number of benzene rings is 1. The predicted octanol–water partition coefficient (Wildman–Crippen LogP) is 4.75. The number of aromatic nitrogens is 2. The van der Waals surface area contributed by atoms with E-state index in [1.54, 1.807) is 12.4 Å². The summed E-state index contributed by atoms with van der Waals surface area (Å²) in [5.41, 5.74) is 11.0. The molecule has 1 unspecified atom stereocenters. The molecular weight excluding hydrogens is 320 g/mol. The van der Waals surface area contributed by atoms with Gasteiger partial charge in [0.05, 0.1) is 22.8 Å². The van der Waals surface area contributed by atoms with Crippen LogP contribution in [0.3, 0.4) is 0 Å². The van der Waals surface area contributed by atoms with Crippen molar-refractivity contribution >= 4 is 10.9 Å². The van der Waals surface area contributed by atoms with Crippen LogP contribution in [-0.4, -0.2) is 9.97 Å². The number of hydrogen-bond acceptors (Lipinski definition) is 4. The maximum atomic E-state index is 9.69. The fourth-order valence-electron chi connectivity index (χ4n) is 3.97. The maximum Gasteiger partial charge on any atom is 0.0999 e. The molecule has 4 nitrogen and oxygen atoms in total. The molecule has 2 aromatic heterocycles. The summed E-state index contributed by atoms with van der Waals surface area (Å²) >= 11 is 0. The Labute approximate surface area is 153 Å². The van der Waals surface area contributed by atoms with E-state index < -0.39 is 0 Å². The van der Waals surface area contributed by atoms with Crippen LogP contribution in [0, 0.1) is 17.2 Å². The monoisotopic (exact) mass is 342 g/mol. The smallest absolute Gasteiger partial charge is 0.0999 e. The van der Waals surface area contributed by atoms with Gasteiger partial charge in [-0.3, -0.25) is 9.97 Å². The number of fused-ring (bicyclic) bond motifs is 1. The molecule has 0 bridgehead atoms. The Morgan fingerprint density at radius 3 is 2.50 bits per heavy atom. The molecule has 0 spiro atoms. The van der Waals surface area contributed by atoms with E-state index in [1.165, 1.54) is 19.3 Å². The molecule has 0 aliphatic heterocycles. The molecule has 1 aromatic carbocycles. The third-order valence-corrected chi connectivity index (χ3v) is 5.46. The number of nitrogens with zero attached hydrogens (tertiary/aromatic N) is 3. The molecule has 4 rings (SSSR count). The van der Waals surface area contributed by atoms with Crippen LogP contribution in [0.25, 0.3) is 22.0 Å². The maximum absolute atomic E-state index is 9.69. The predicted molar refractivity (Wildman–Crippen MR) is 103 cm³/mol. The lowest BCUT2D eigenvalue weighted by Gasteiger charge is -2.27. The molecule has 1 fully saturated rings. The second-order valence-corrected chi connectivity index (χ2v) is 7.10. The van der Waals surface area contributed by atoms with Crippen LogP contribution in [0.15, 0.2) is 48.8 Å². The zero-order valence-corrected chi connectivity index (χ0v) is 14.7. The Morgan fingerprint density at radius 1 is 1.00 bits per heavy atom. The van der Waals surface area contributed by atoms with Crippen molar-refractivity contribution in [2.75, 3.05) is 0 Å². The number of nitrogens with two attached hydrogens (primary N) is 1. The first-order chi connectivity index (χ1) is 12.8. The highest BCUT2D eigenvalue weighted by molar-refractivity contribution is 5.89. The summed E-state index contributed by atoms with van der Waals surface area (Å²) in [4.78, 5) is 8.87. The standard InChI is InChI=1S/C22H22N4/c23-14-18-13-21(22(24)16-4-2-1-3-5-16)26-20-7-6-17(12-19(18)20)15-8-10-25-11-9-15/h6-13,16,22H,1-5,24H2. The van der Waals surface area contributed by atoms with Gasteiger partial charge in [-0.1, -0.05) is 25.3 Å². The van der Waals surface area contributed by atoms with Gasteiger partial charge in [-0.25, -0.2) is 0 Å². The van der Waals surface area contributed by atoms with Gasteiger partial charge in [0.15, 0.2) is 0 Å². The van der Waals surface area contributed by atoms with Crippen molar-refractivity contribution in [2.24, 2.45) is 11.7 Å². The van der Waals surface area contributed by atoms with Gasteiger partial charge >= 0.3 is 0 Å². The lowest BCUT2D eigenvalue weighted by atomic mass is 9.82. The van der Waals surface area contributed by atoms with Gasteiger partial charge in [-0.15, -0.1) is 0 Å². The van der Waals surface area contributed by atoms with E-state index in [9.17, 15) is 5.26 Å². The van der Waals surface area contributed by atoms with Crippen LogP contribution in [0.5, 0.6) is 0 Å². The number of nitriles is 1. The first-order valence-electron chi connectivity index (χ1n) is 9.27. The second-order valence-electron chi connectivity index (χ2n) is 7.10. The molecule has 2 N–H and O–H groups in total. The summed E-state index contributed by atoms with van der Waals surface area (Å²) in [6, 6.07) is 14.1. The fraction of sp³-hybridized carbons (Fsp3) is 0.318. The molecule has 0 radical (unpaired) electrons. The van der Waals surface area contributed by atoms with Gasteiger partial charge < -0.3 is 5.73 Å². The van der Waals surface area contributed by atoms with Gasteiger partial charge in [0.1, 0.15) is 0 Å². The van der Waals surface area contributed by atoms with E-state index in [0.29, 0.717) is 11.5 Å². The van der Waals surface area contributed by atoms with Crippen molar-refractivity contribution < 1.29 is 0 Å². The topological polar surface area (TPSA) is 75.6 Å². The molecule has 130 valence electrons. The second kappa shape index (κ2) is 7.23. The van der Waals surface area contributed by atoms with Gasteiger partial charge in [0.25, 0.3) is 0 Å². The first-order valence-corrected chi connectivity index (χ1v) is 9.27. The lowest BCUT2D eigenvalue weighted by molar-refractivity contribution is 0.305. The molecule has 0 saturated heterocycles. The van der Waals surface area contributed by atoms with Crippen molar-refractivity contribution in [1.29, 1.82) is 5.26 Å².